The first-order valence-electron chi connectivity index (χ1n) is 10.2. The normalized spacial score (nSPS) is 23.0. The van der Waals surface area contributed by atoms with Crippen LogP contribution in [-0.4, -0.2) is 61.6 Å². The second kappa shape index (κ2) is 9.01. The van der Waals surface area contributed by atoms with Gasteiger partial charge in [0.15, 0.2) is 17.5 Å². The maximum absolute atomic E-state index is 5.88. The Morgan fingerprint density at radius 1 is 1.14 bits per heavy atom. The van der Waals surface area contributed by atoms with Crippen molar-refractivity contribution in [1.29, 1.82) is 0 Å². The average Bonchev–Trinajstić information content (AvgIpc) is 3.11. The van der Waals surface area contributed by atoms with Crippen LogP contribution in [0.4, 0.5) is 0 Å². The number of guanidine groups is 1. The van der Waals surface area contributed by atoms with Crippen LogP contribution in [0.25, 0.3) is 0 Å². The van der Waals surface area contributed by atoms with Gasteiger partial charge in [0.2, 0.25) is 6.79 Å². The summed E-state index contributed by atoms with van der Waals surface area (Å²) in [5, 5.41) is 6.85. The van der Waals surface area contributed by atoms with Crippen molar-refractivity contribution in [1.82, 2.24) is 15.5 Å². The maximum Gasteiger partial charge on any atom is 0.231 e. The molecule has 1 fully saturated rings. The highest BCUT2D eigenvalue weighted by Crippen LogP contribution is 2.32. The summed E-state index contributed by atoms with van der Waals surface area (Å²) in [5.41, 5.74) is 1.10. The molecule has 2 heterocycles. The summed E-state index contributed by atoms with van der Waals surface area (Å²) in [4.78, 5) is 7.24. The van der Waals surface area contributed by atoms with Crippen molar-refractivity contribution in [3.8, 4) is 11.5 Å². The molecule has 1 aromatic rings. The van der Waals surface area contributed by atoms with Gasteiger partial charge in [-0.05, 0) is 52.3 Å². The Morgan fingerprint density at radius 2 is 1.86 bits per heavy atom. The Morgan fingerprint density at radius 3 is 2.57 bits per heavy atom. The van der Waals surface area contributed by atoms with Crippen molar-refractivity contribution in [3.05, 3.63) is 23.8 Å². The summed E-state index contributed by atoms with van der Waals surface area (Å²) in [5.74, 6) is 2.42. The smallest absolute Gasteiger partial charge is 0.231 e. The topological polar surface area (TPSA) is 67.4 Å². The molecule has 7 nitrogen and oxygen atoms in total. The zero-order chi connectivity index (χ0) is 20.1. The van der Waals surface area contributed by atoms with E-state index < -0.39 is 0 Å². The molecular weight excluding hydrogens is 356 g/mol. The third-order valence-corrected chi connectivity index (χ3v) is 5.17. The molecule has 0 bridgehead atoms. The Kier molecular flexibility index (Phi) is 6.67. The molecule has 2 atom stereocenters. The minimum Gasteiger partial charge on any atom is -0.454 e. The minimum atomic E-state index is 0.00123. The molecule has 156 valence electrons. The van der Waals surface area contributed by atoms with Crippen molar-refractivity contribution >= 4 is 5.96 Å². The highest BCUT2D eigenvalue weighted by molar-refractivity contribution is 5.79. The van der Waals surface area contributed by atoms with Gasteiger partial charge in [-0.3, -0.25) is 4.90 Å². The molecule has 2 N–H and O–H groups in total. The van der Waals surface area contributed by atoms with Gasteiger partial charge in [-0.15, -0.1) is 0 Å². The van der Waals surface area contributed by atoms with Crippen molar-refractivity contribution in [3.63, 3.8) is 0 Å². The van der Waals surface area contributed by atoms with Crippen LogP contribution < -0.4 is 20.1 Å². The monoisotopic (exact) mass is 390 g/mol. The van der Waals surface area contributed by atoms with Crippen LogP contribution in [0.1, 0.15) is 40.2 Å². The lowest BCUT2D eigenvalue weighted by Gasteiger charge is -2.45. The van der Waals surface area contributed by atoms with E-state index in [1.807, 2.05) is 18.2 Å². The molecule has 0 aromatic heterocycles. The van der Waals surface area contributed by atoms with Gasteiger partial charge in [0, 0.05) is 31.7 Å². The number of hydrogen-bond donors (Lipinski definition) is 2. The molecular formula is C21H34N4O3. The predicted octanol–water partition coefficient (Wildman–Crippen LogP) is 2.36. The van der Waals surface area contributed by atoms with E-state index in [1.54, 1.807) is 0 Å². The van der Waals surface area contributed by atoms with Gasteiger partial charge >= 0.3 is 0 Å². The third kappa shape index (κ3) is 5.29. The molecule has 2 unspecified atom stereocenters. The summed E-state index contributed by atoms with van der Waals surface area (Å²) in [7, 11) is 0. The van der Waals surface area contributed by atoms with Crippen LogP contribution >= 0.6 is 0 Å². The summed E-state index contributed by atoms with van der Waals surface area (Å²) >= 11 is 0. The molecule has 2 aliphatic rings. The number of nitrogens with one attached hydrogen (secondary N) is 2. The molecule has 28 heavy (non-hydrogen) atoms. The van der Waals surface area contributed by atoms with E-state index in [-0.39, 0.29) is 17.7 Å². The molecule has 1 saturated heterocycles. The van der Waals surface area contributed by atoms with Crippen LogP contribution in [0.5, 0.6) is 11.5 Å². The highest BCUT2D eigenvalue weighted by Gasteiger charge is 2.33. The molecule has 0 amide bonds. The Labute approximate surface area is 168 Å². The molecule has 1 aromatic carbocycles. The van der Waals surface area contributed by atoms with E-state index in [1.165, 1.54) is 0 Å². The first kappa shape index (κ1) is 20.7. The standard InChI is InChI=1S/C21H34N4O3/c1-6-22-20(23-10-17-7-8-18-19(9-17)27-14-26-18)24-13-21(4,5)25-11-15(2)28-16(3)12-25/h7-9,15-16H,6,10-14H2,1-5H3,(H2,22,23,24). The fraction of sp³-hybridized carbons (Fsp3) is 0.667. The molecule has 0 aliphatic carbocycles. The lowest BCUT2D eigenvalue weighted by Crippen LogP contribution is -2.59. The van der Waals surface area contributed by atoms with Gasteiger partial charge in [-0.2, -0.15) is 0 Å². The third-order valence-electron chi connectivity index (χ3n) is 5.17. The number of aliphatic imine (C=N–C) groups is 1. The number of nitrogens with zero attached hydrogens (tertiary/aromatic N) is 2. The van der Waals surface area contributed by atoms with Crippen molar-refractivity contribution in [2.24, 2.45) is 4.99 Å². The quantitative estimate of drug-likeness (QED) is 0.574. The van der Waals surface area contributed by atoms with E-state index in [0.29, 0.717) is 13.3 Å². The number of rotatable bonds is 6. The highest BCUT2D eigenvalue weighted by atomic mass is 16.7. The molecule has 0 saturated carbocycles. The van der Waals surface area contributed by atoms with Crippen LogP contribution in [0.3, 0.4) is 0 Å². The molecule has 7 heteroatoms. The van der Waals surface area contributed by atoms with Crippen molar-refractivity contribution < 1.29 is 14.2 Å². The maximum atomic E-state index is 5.88. The molecule has 0 spiro atoms. The average molecular weight is 391 g/mol. The van der Waals surface area contributed by atoms with E-state index in [0.717, 1.165) is 49.2 Å². The summed E-state index contributed by atoms with van der Waals surface area (Å²) < 4.78 is 16.7. The van der Waals surface area contributed by atoms with Gasteiger partial charge < -0.3 is 24.8 Å². The van der Waals surface area contributed by atoms with Crippen LogP contribution in [0, 0.1) is 0 Å². The van der Waals surface area contributed by atoms with Crippen molar-refractivity contribution in [2.45, 2.75) is 58.9 Å². The zero-order valence-corrected chi connectivity index (χ0v) is 17.7. The lowest BCUT2D eigenvalue weighted by molar-refractivity contribution is -0.0946. The SMILES string of the molecule is CCNC(=NCc1ccc2c(c1)OCO2)NCC(C)(C)N1CC(C)OC(C)C1. The Bertz CT molecular complexity index is 682. The summed E-state index contributed by atoms with van der Waals surface area (Å²) in [6, 6.07) is 5.97. The van der Waals surface area contributed by atoms with E-state index in [2.05, 4.69) is 50.2 Å². The first-order chi connectivity index (χ1) is 13.4. The van der Waals surface area contributed by atoms with E-state index in [4.69, 9.17) is 19.2 Å². The van der Waals surface area contributed by atoms with Crippen LogP contribution in [0.2, 0.25) is 0 Å². The van der Waals surface area contributed by atoms with Gasteiger partial charge in [0.25, 0.3) is 0 Å². The number of benzene rings is 1. The fourth-order valence-corrected chi connectivity index (χ4v) is 3.64. The number of morpholine rings is 1. The van der Waals surface area contributed by atoms with E-state index >= 15 is 0 Å². The Hall–Kier alpha value is -1.99. The summed E-state index contributed by atoms with van der Waals surface area (Å²) in [6.07, 6.45) is 0.520. The predicted molar refractivity (Wildman–Crippen MR) is 111 cm³/mol. The molecule has 0 radical (unpaired) electrons. The van der Waals surface area contributed by atoms with Gasteiger partial charge in [0.05, 0.1) is 18.8 Å². The van der Waals surface area contributed by atoms with Gasteiger partial charge in [-0.1, -0.05) is 6.07 Å². The van der Waals surface area contributed by atoms with Crippen LogP contribution in [0.15, 0.2) is 23.2 Å². The Balaban J connectivity index is 1.59. The lowest BCUT2D eigenvalue weighted by atomic mass is 10.00. The molecule has 3 rings (SSSR count). The summed E-state index contributed by atoms with van der Waals surface area (Å²) in [6.45, 7) is 15.3. The van der Waals surface area contributed by atoms with Gasteiger partial charge in [-0.25, -0.2) is 4.99 Å². The first-order valence-corrected chi connectivity index (χ1v) is 10.2. The largest absolute Gasteiger partial charge is 0.454 e. The fourth-order valence-electron chi connectivity index (χ4n) is 3.64. The van der Waals surface area contributed by atoms with Gasteiger partial charge in [0.1, 0.15) is 0 Å². The minimum absolute atomic E-state index is 0.00123. The van der Waals surface area contributed by atoms with E-state index in [9.17, 15) is 0 Å². The van der Waals surface area contributed by atoms with Crippen LogP contribution in [-0.2, 0) is 11.3 Å². The number of fused-ring (bicyclic) bond motifs is 1. The second-order valence-corrected chi connectivity index (χ2v) is 8.21. The molecule has 2 aliphatic heterocycles. The van der Waals surface area contributed by atoms with Crippen molar-refractivity contribution in [2.75, 3.05) is 33.0 Å². The number of ether oxygens (including phenoxy) is 3. The number of hydrogen-bond acceptors (Lipinski definition) is 5. The zero-order valence-electron chi connectivity index (χ0n) is 17.7. The second-order valence-electron chi connectivity index (χ2n) is 8.21.